The van der Waals surface area contributed by atoms with Crippen molar-refractivity contribution in [2.75, 3.05) is 25.0 Å². The molecule has 3 atom stereocenters. The van der Waals surface area contributed by atoms with Crippen LogP contribution >= 0.6 is 24.8 Å². The molecule has 1 aromatic carbocycles. The quantitative estimate of drug-likeness (QED) is 0.860. The number of halogens is 2. The molecular formula is C17H27Cl2N3O2. The fourth-order valence-corrected chi connectivity index (χ4v) is 3.49. The van der Waals surface area contributed by atoms with Crippen molar-refractivity contribution in [3.8, 4) is 0 Å². The first-order chi connectivity index (χ1) is 10.6. The zero-order chi connectivity index (χ0) is 15.7. The number of carbonyl (C=O) groups is 1. The second kappa shape index (κ2) is 8.90. The molecule has 2 heterocycles. The molecule has 7 heteroatoms. The number of rotatable bonds is 2. The van der Waals surface area contributed by atoms with Crippen LogP contribution in [0.3, 0.4) is 0 Å². The number of benzene rings is 1. The summed E-state index contributed by atoms with van der Waals surface area (Å²) in [6, 6.07) is 8.45. The molecule has 0 saturated carbocycles. The minimum Gasteiger partial charge on any atom is -0.372 e. The highest BCUT2D eigenvalue weighted by molar-refractivity contribution is 5.85. The smallest absolute Gasteiger partial charge is 0.252 e. The molecule has 3 rings (SSSR count). The van der Waals surface area contributed by atoms with Crippen LogP contribution < -0.4 is 10.6 Å². The van der Waals surface area contributed by atoms with Gasteiger partial charge in [-0.1, -0.05) is 18.2 Å². The first kappa shape index (κ1) is 21.0. The lowest BCUT2D eigenvalue weighted by molar-refractivity contribution is -0.145. The second-order valence-electron chi connectivity index (χ2n) is 6.38. The van der Waals surface area contributed by atoms with E-state index in [0.717, 1.165) is 19.4 Å². The highest BCUT2D eigenvalue weighted by Crippen LogP contribution is 2.28. The summed E-state index contributed by atoms with van der Waals surface area (Å²) >= 11 is 0. The number of nitrogens with zero attached hydrogens (tertiary/aromatic N) is 2. The average Bonchev–Trinajstić information content (AvgIpc) is 2.96. The highest BCUT2D eigenvalue weighted by Gasteiger charge is 2.36. The van der Waals surface area contributed by atoms with Crippen LogP contribution in [0, 0.1) is 0 Å². The van der Waals surface area contributed by atoms with Crippen molar-refractivity contribution in [1.82, 2.24) is 4.90 Å². The van der Waals surface area contributed by atoms with Crippen molar-refractivity contribution in [3.63, 3.8) is 0 Å². The maximum Gasteiger partial charge on any atom is 0.252 e. The van der Waals surface area contributed by atoms with Crippen LogP contribution in [0.4, 0.5) is 5.69 Å². The predicted octanol–water partition coefficient (Wildman–Crippen LogP) is 2.20. The van der Waals surface area contributed by atoms with E-state index < -0.39 is 0 Å². The summed E-state index contributed by atoms with van der Waals surface area (Å²) in [6.07, 6.45) is 1.37. The lowest BCUT2D eigenvalue weighted by atomic mass is 10.1. The molecule has 1 saturated heterocycles. The molecule has 136 valence electrons. The SMILES string of the molecule is CC1CN(C)c2ccccc2CN1C(=O)[C@@H]1CC[C@H](CN)O1.Cl.Cl. The minimum absolute atomic E-state index is 0. The lowest BCUT2D eigenvalue weighted by Gasteiger charge is -2.30. The van der Waals surface area contributed by atoms with Gasteiger partial charge in [0, 0.05) is 38.4 Å². The van der Waals surface area contributed by atoms with E-state index in [1.54, 1.807) is 0 Å². The van der Waals surface area contributed by atoms with E-state index in [1.165, 1.54) is 11.3 Å². The van der Waals surface area contributed by atoms with Crippen LogP contribution in [-0.2, 0) is 16.1 Å². The first-order valence-electron chi connectivity index (χ1n) is 8.05. The second-order valence-corrected chi connectivity index (χ2v) is 6.38. The molecule has 24 heavy (non-hydrogen) atoms. The molecule has 1 aromatic rings. The number of anilines is 1. The standard InChI is InChI=1S/C17H25N3O2.2ClH/c1-12-10-19(2)15-6-4-3-5-13(15)11-20(12)17(21)16-8-7-14(9-18)22-16;;/h3-6,12,14,16H,7-11,18H2,1-2H3;2*1H/t12?,14-,16+;;/m1../s1. The molecule has 2 aliphatic heterocycles. The van der Waals surface area contributed by atoms with Crippen molar-refractivity contribution < 1.29 is 9.53 Å². The van der Waals surface area contributed by atoms with Gasteiger partial charge in [0.1, 0.15) is 6.10 Å². The third-order valence-electron chi connectivity index (χ3n) is 4.74. The lowest BCUT2D eigenvalue weighted by Crippen LogP contribution is -2.46. The Morgan fingerprint density at radius 2 is 2.00 bits per heavy atom. The molecule has 0 aliphatic carbocycles. The van der Waals surface area contributed by atoms with Gasteiger partial charge in [-0.3, -0.25) is 4.79 Å². The maximum absolute atomic E-state index is 12.9. The van der Waals surface area contributed by atoms with Crippen LogP contribution in [0.15, 0.2) is 24.3 Å². The van der Waals surface area contributed by atoms with Crippen molar-refractivity contribution in [3.05, 3.63) is 29.8 Å². The van der Waals surface area contributed by atoms with Crippen LogP contribution in [0.2, 0.25) is 0 Å². The maximum atomic E-state index is 12.9. The zero-order valence-corrected chi connectivity index (χ0v) is 15.8. The van der Waals surface area contributed by atoms with Gasteiger partial charge in [-0.15, -0.1) is 24.8 Å². The van der Waals surface area contributed by atoms with Crippen molar-refractivity contribution in [2.24, 2.45) is 5.73 Å². The van der Waals surface area contributed by atoms with Crippen molar-refractivity contribution in [1.29, 1.82) is 0 Å². The van der Waals surface area contributed by atoms with Gasteiger partial charge in [0.15, 0.2) is 0 Å². The van der Waals surface area contributed by atoms with Gasteiger partial charge in [0.25, 0.3) is 5.91 Å². The summed E-state index contributed by atoms with van der Waals surface area (Å²) in [5.74, 6) is 0.105. The Morgan fingerprint density at radius 3 is 2.67 bits per heavy atom. The van der Waals surface area contributed by atoms with E-state index in [0.29, 0.717) is 13.1 Å². The first-order valence-corrected chi connectivity index (χ1v) is 8.05. The zero-order valence-electron chi connectivity index (χ0n) is 14.2. The Morgan fingerprint density at radius 1 is 1.29 bits per heavy atom. The molecule has 1 fully saturated rings. The third kappa shape index (κ3) is 4.14. The normalized spacial score (nSPS) is 26.0. The number of nitrogens with two attached hydrogens (primary N) is 1. The topological polar surface area (TPSA) is 58.8 Å². The molecule has 0 spiro atoms. The van der Waals surface area contributed by atoms with Gasteiger partial charge in [0.2, 0.25) is 0 Å². The number of ether oxygens (including phenoxy) is 1. The van der Waals surface area contributed by atoms with Gasteiger partial charge in [-0.2, -0.15) is 0 Å². The predicted molar refractivity (Wildman–Crippen MR) is 101 cm³/mol. The minimum atomic E-state index is -0.327. The molecule has 2 N–H and O–H groups in total. The molecule has 0 aromatic heterocycles. The number of para-hydroxylation sites is 1. The van der Waals surface area contributed by atoms with E-state index in [4.69, 9.17) is 10.5 Å². The van der Waals surface area contributed by atoms with Gasteiger partial charge in [0.05, 0.1) is 6.10 Å². The van der Waals surface area contributed by atoms with E-state index in [2.05, 4.69) is 31.0 Å². The summed E-state index contributed by atoms with van der Waals surface area (Å²) < 4.78 is 5.80. The summed E-state index contributed by atoms with van der Waals surface area (Å²) in [5.41, 5.74) is 8.05. The Kier molecular flexibility index (Phi) is 7.80. The van der Waals surface area contributed by atoms with Gasteiger partial charge >= 0.3 is 0 Å². The van der Waals surface area contributed by atoms with Crippen LogP contribution in [0.1, 0.15) is 25.3 Å². The van der Waals surface area contributed by atoms with Gasteiger partial charge < -0.3 is 20.3 Å². The average molecular weight is 376 g/mol. The number of hydrogen-bond acceptors (Lipinski definition) is 4. The van der Waals surface area contributed by atoms with E-state index >= 15 is 0 Å². The van der Waals surface area contributed by atoms with E-state index in [9.17, 15) is 4.79 Å². The number of hydrogen-bond donors (Lipinski definition) is 1. The number of amides is 1. The Labute approximate surface area is 156 Å². The molecule has 1 unspecified atom stereocenters. The summed E-state index contributed by atoms with van der Waals surface area (Å²) in [7, 11) is 2.08. The largest absolute Gasteiger partial charge is 0.372 e. The number of fused-ring (bicyclic) bond motifs is 1. The Hall–Kier alpha value is -1.01. The van der Waals surface area contributed by atoms with Gasteiger partial charge in [-0.25, -0.2) is 0 Å². The number of likely N-dealkylation sites (N-methyl/N-ethyl adjacent to an activating group) is 1. The van der Waals surface area contributed by atoms with Crippen LogP contribution in [0.25, 0.3) is 0 Å². The summed E-state index contributed by atoms with van der Waals surface area (Å²) in [5, 5.41) is 0. The third-order valence-corrected chi connectivity index (χ3v) is 4.74. The number of carbonyl (C=O) groups excluding carboxylic acids is 1. The fourth-order valence-electron chi connectivity index (χ4n) is 3.49. The molecule has 5 nitrogen and oxygen atoms in total. The molecule has 2 aliphatic rings. The molecule has 0 bridgehead atoms. The molecular weight excluding hydrogens is 349 g/mol. The van der Waals surface area contributed by atoms with Crippen molar-refractivity contribution >= 4 is 36.4 Å². The van der Waals surface area contributed by atoms with Crippen molar-refractivity contribution in [2.45, 2.75) is 44.6 Å². The highest BCUT2D eigenvalue weighted by atomic mass is 35.5. The summed E-state index contributed by atoms with van der Waals surface area (Å²) in [4.78, 5) is 17.1. The Balaban J connectivity index is 0.00000144. The molecule has 1 amide bonds. The Bertz CT molecular complexity index is 558. The van der Waals surface area contributed by atoms with E-state index in [-0.39, 0.29) is 49.0 Å². The fraction of sp³-hybridized carbons (Fsp3) is 0.588. The summed E-state index contributed by atoms with van der Waals surface area (Å²) in [6.45, 7) is 4.07. The van der Waals surface area contributed by atoms with Crippen LogP contribution in [0.5, 0.6) is 0 Å². The van der Waals surface area contributed by atoms with Crippen LogP contribution in [-0.4, -0.2) is 49.2 Å². The monoisotopic (exact) mass is 375 g/mol. The van der Waals surface area contributed by atoms with Gasteiger partial charge in [-0.05, 0) is 31.4 Å². The van der Waals surface area contributed by atoms with E-state index in [1.807, 2.05) is 17.0 Å². The molecule has 0 radical (unpaired) electrons.